The summed E-state index contributed by atoms with van der Waals surface area (Å²) < 4.78 is 32.7. The molecule has 1 heterocycles. The number of carbonyl (C=O) groups excluding carboxylic acids is 1. The molecule has 2 rings (SSSR count). The molecule has 1 aliphatic rings. The van der Waals surface area contributed by atoms with Gasteiger partial charge in [-0.25, -0.2) is 8.42 Å². The van der Waals surface area contributed by atoms with E-state index in [9.17, 15) is 23.1 Å². The van der Waals surface area contributed by atoms with Crippen LogP contribution in [0.4, 0.5) is 0 Å². The molecule has 1 aromatic carbocycles. The minimum Gasteiger partial charge on any atom is -0.496 e. The third kappa shape index (κ3) is 4.59. The van der Waals surface area contributed by atoms with E-state index in [1.165, 1.54) is 23.5 Å². The molecule has 1 fully saturated rings. The lowest BCUT2D eigenvalue weighted by molar-refractivity contribution is -0.144. The van der Waals surface area contributed by atoms with Crippen molar-refractivity contribution in [2.45, 2.75) is 50.6 Å². The van der Waals surface area contributed by atoms with Crippen molar-refractivity contribution in [3.63, 3.8) is 0 Å². The molecule has 1 aliphatic heterocycles. The second-order valence-corrected chi connectivity index (χ2v) is 8.44. The summed E-state index contributed by atoms with van der Waals surface area (Å²) in [4.78, 5) is 23.0. The van der Waals surface area contributed by atoms with Gasteiger partial charge in [0.25, 0.3) is 0 Å². The summed E-state index contributed by atoms with van der Waals surface area (Å²) in [6.07, 6.45) is 1.28. The van der Waals surface area contributed by atoms with Crippen molar-refractivity contribution in [3.05, 3.63) is 23.8 Å². The van der Waals surface area contributed by atoms with Gasteiger partial charge in [-0.3, -0.25) is 9.59 Å². The number of benzene rings is 1. The molecule has 0 bridgehead atoms. The Balaban J connectivity index is 2.34. The van der Waals surface area contributed by atoms with E-state index in [1.807, 2.05) is 0 Å². The van der Waals surface area contributed by atoms with Crippen LogP contribution in [0.2, 0.25) is 0 Å². The Morgan fingerprint density at radius 2 is 2.07 bits per heavy atom. The van der Waals surface area contributed by atoms with Gasteiger partial charge in [-0.15, -0.1) is 0 Å². The van der Waals surface area contributed by atoms with Gasteiger partial charge in [0.05, 0.1) is 17.9 Å². The number of hydrogen-bond acceptors (Lipinski definition) is 5. The number of carboxylic acids is 1. The standard InChI is InChI=1S/C18H26N2O6S/c1-4-17(21)19-11-13-10-14(7-8-16(13)26-3)27(24,25)20-9-5-6-15(12(20)2)18(22)23/h7-8,10,12,15H,4-6,9,11H2,1-3H3,(H,19,21)(H,22,23)/t12-,15-/m0/s1. The van der Waals surface area contributed by atoms with Gasteiger partial charge in [0.2, 0.25) is 15.9 Å². The summed E-state index contributed by atoms with van der Waals surface area (Å²) in [5.74, 6) is -1.39. The number of carbonyl (C=O) groups is 2. The van der Waals surface area contributed by atoms with Crippen molar-refractivity contribution in [1.29, 1.82) is 0 Å². The zero-order chi connectivity index (χ0) is 20.2. The highest BCUT2D eigenvalue weighted by Gasteiger charge is 2.39. The highest BCUT2D eigenvalue weighted by molar-refractivity contribution is 7.89. The van der Waals surface area contributed by atoms with Gasteiger partial charge in [0.15, 0.2) is 0 Å². The van der Waals surface area contributed by atoms with Crippen LogP contribution < -0.4 is 10.1 Å². The van der Waals surface area contributed by atoms with E-state index in [1.54, 1.807) is 19.9 Å². The number of aliphatic carboxylic acids is 1. The molecule has 0 aliphatic carbocycles. The number of carboxylic acid groups (broad SMARTS) is 1. The predicted molar refractivity (Wildman–Crippen MR) is 98.8 cm³/mol. The molecule has 0 spiro atoms. The average Bonchev–Trinajstić information content (AvgIpc) is 2.65. The van der Waals surface area contributed by atoms with Crippen LogP contribution in [0.15, 0.2) is 23.1 Å². The molecule has 1 saturated heterocycles. The summed E-state index contributed by atoms with van der Waals surface area (Å²) in [5, 5.41) is 12.0. The molecular weight excluding hydrogens is 372 g/mol. The molecule has 27 heavy (non-hydrogen) atoms. The number of nitrogens with zero attached hydrogens (tertiary/aromatic N) is 1. The Kier molecular flexibility index (Phi) is 6.83. The number of ether oxygens (including phenoxy) is 1. The number of rotatable bonds is 7. The first-order valence-corrected chi connectivity index (χ1v) is 10.3. The van der Waals surface area contributed by atoms with Gasteiger partial charge < -0.3 is 15.2 Å². The van der Waals surface area contributed by atoms with Crippen LogP contribution >= 0.6 is 0 Å². The molecule has 150 valence electrons. The summed E-state index contributed by atoms with van der Waals surface area (Å²) in [7, 11) is -2.40. The van der Waals surface area contributed by atoms with Crippen molar-refractivity contribution in [3.8, 4) is 5.75 Å². The highest BCUT2D eigenvalue weighted by atomic mass is 32.2. The van der Waals surface area contributed by atoms with Crippen LogP contribution in [0.1, 0.15) is 38.7 Å². The van der Waals surface area contributed by atoms with E-state index in [-0.39, 0.29) is 23.9 Å². The predicted octanol–water partition coefficient (Wildman–Crippen LogP) is 1.60. The van der Waals surface area contributed by atoms with Crippen LogP contribution in [-0.4, -0.2) is 49.4 Å². The molecule has 0 saturated carbocycles. The molecule has 0 unspecified atom stereocenters. The monoisotopic (exact) mass is 398 g/mol. The minimum atomic E-state index is -3.87. The number of hydrogen-bond donors (Lipinski definition) is 2. The quantitative estimate of drug-likeness (QED) is 0.721. The topological polar surface area (TPSA) is 113 Å². The van der Waals surface area contributed by atoms with Crippen LogP contribution in [0.5, 0.6) is 5.75 Å². The highest BCUT2D eigenvalue weighted by Crippen LogP contribution is 2.31. The molecule has 2 atom stereocenters. The Bertz CT molecular complexity index is 808. The van der Waals surface area contributed by atoms with Crippen LogP contribution in [0.25, 0.3) is 0 Å². The van der Waals surface area contributed by atoms with Crippen molar-refractivity contribution < 1.29 is 27.9 Å². The normalized spacial score (nSPS) is 20.9. The van der Waals surface area contributed by atoms with Crippen molar-refractivity contribution in [1.82, 2.24) is 9.62 Å². The van der Waals surface area contributed by atoms with E-state index >= 15 is 0 Å². The Labute approximate surface area is 159 Å². The maximum atomic E-state index is 13.1. The van der Waals surface area contributed by atoms with Gasteiger partial charge in [-0.05, 0) is 38.0 Å². The molecule has 1 aromatic rings. The van der Waals surface area contributed by atoms with Gasteiger partial charge in [0.1, 0.15) is 5.75 Å². The van der Waals surface area contributed by atoms with Crippen LogP contribution in [-0.2, 0) is 26.2 Å². The minimum absolute atomic E-state index is 0.0573. The molecule has 8 nitrogen and oxygen atoms in total. The molecule has 9 heteroatoms. The van der Waals surface area contributed by atoms with Crippen LogP contribution in [0.3, 0.4) is 0 Å². The van der Waals surface area contributed by atoms with Crippen molar-refractivity contribution in [2.75, 3.05) is 13.7 Å². The van der Waals surface area contributed by atoms with Gasteiger partial charge >= 0.3 is 5.97 Å². The van der Waals surface area contributed by atoms with E-state index in [0.717, 1.165) is 0 Å². The second kappa shape index (κ2) is 8.71. The van der Waals surface area contributed by atoms with E-state index in [4.69, 9.17) is 4.74 Å². The zero-order valence-corrected chi connectivity index (χ0v) is 16.6. The molecular formula is C18H26N2O6S. The Morgan fingerprint density at radius 3 is 2.67 bits per heavy atom. The Morgan fingerprint density at radius 1 is 1.37 bits per heavy atom. The first-order valence-electron chi connectivity index (χ1n) is 8.90. The fraction of sp³-hybridized carbons (Fsp3) is 0.556. The number of methoxy groups -OCH3 is 1. The zero-order valence-electron chi connectivity index (χ0n) is 15.8. The SMILES string of the molecule is CCC(=O)NCc1cc(S(=O)(=O)N2CCC[C@H](C(=O)O)[C@@H]2C)ccc1OC. The van der Waals surface area contributed by atoms with E-state index in [2.05, 4.69) is 5.32 Å². The number of nitrogens with one attached hydrogen (secondary N) is 1. The molecule has 0 aromatic heterocycles. The van der Waals surface area contributed by atoms with Gasteiger partial charge in [-0.1, -0.05) is 6.92 Å². The lowest BCUT2D eigenvalue weighted by Gasteiger charge is -2.36. The third-order valence-corrected chi connectivity index (χ3v) is 6.89. The lowest BCUT2D eigenvalue weighted by atomic mass is 9.92. The number of piperidine rings is 1. The first-order chi connectivity index (χ1) is 12.7. The average molecular weight is 398 g/mol. The number of amides is 1. The summed E-state index contributed by atoms with van der Waals surface area (Å²) in [6, 6.07) is 3.83. The second-order valence-electron chi connectivity index (χ2n) is 6.55. The number of sulfonamides is 1. The van der Waals surface area contributed by atoms with E-state index in [0.29, 0.717) is 30.6 Å². The van der Waals surface area contributed by atoms with Crippen LogP contribution in [0, 0.1) is 5.92 Å². The maximum absolute atomic E-state index is 13.1. The van der Waals surface area contributed by atoms with Crippen molar-refractivity contribution in [2.24, 2.45) is 5.92 Å². The summed E-state index contributed by atoms with van der Waals surface area (Å²) in [6.45, 7) is 3.78. The summed E-state index contributed by atoms with van der Waals surface area (Å²) >= 11 is 0. The largest absolute Gasteiger partial charge is 0.496 e. The third-order valence-electron chi connectivity index (χ3n) is 4.90. The maximum Gasteiger partial charge on any atom is 0.308 e. The fourth-order valence-electron chi connectivity index (χ4n) is 3.29. The molecule has 2 N–H and O–H groups in total. The van der Waals surface area contributed by atoms with E-state index < -0.39 is 28.0 Å². The molecule has 0 radical (unpaired) electrons. The van der Waals surface area contributed by atoms with Gasteiger partial charge in [0, 0.05) is 31.1 Å². The lowest BCUT2D eigenvalue weighted by Crippen LogP contribution is -2.49. The smallest absolute Gasteiger partial charge is 0.308 e. The first kappa shape index (κ1) is 21.2. The Hall–Kier alpha value is -2.13. The van der Waals surface area contributed by atoms with Gasteiger partial charge in [-0.2, -0.15) is 4.31 Å². The summed E-state index contributed by atoms with van der Waals surface area (Å²) in [5.41, 5.74) is 0.542. The molecule has 1 amide bonds. The fourth-order valence-corrected chi connectivity index (χ4v) is 5.05. The van der Waals surface area contributed by atoms with Crippen molar-refractivity contribution >= 4 is 21.9 Å².